The van der Waals surface area contributed by atoms with Crippen LogP contribution in [0.2, 0.25) is 0 Å². The topological polar surface area (TPSA) is 124 Å². The van der Waals surface area contributed by atoms with Gasteiger partial charge in [0.05, 0.1) is 31.1 Å². The Morgan fingerprint density at radius 1 is 1.12 bits per heavy atom. The minimum Gasteiger partial charge on any atom is -0.497 e. The summed E-state index contributed by atoms with van der Waals surface area (Å²) in [4.78, 5) is 40.2. The SMILES string of the molecule is CCOC(=O)c1c(NC(=O)C(C)Sc2nnc(CNC(=O)c3cccc(OC)c3)n2-c2cccc(C)c2)sc2c1CCC2. The minimum absolute atomic E-state index is 0.113. The van der Waals surface area contributed by atoms with Gasteiger partial charge in [-0.1, -0.05) is 30.0 Å². The molecule has 1 aliphatic carbocycles. The van der Waals surface area contributed by atoms with E-state index in [1.54, 1.807) is 45.2 Å². The van der Waals surface area contributed by atoms with Gasteiger partial charge in [0.1, 0.15) is 10.8 Å². The zero-order valence-electron chi connectivity index (χ0n) is 24.4. The molecule has 2 amide bonds. The van der Waals surface area contributed by atoms with Gasteiger partial charge in [0.2, 0.25) is 5.91 Å². The number of thiophene rings is 1. The number of aromatic nitrogens is 3. The molecule has 10 nitrogen and oxygen atoms in total. The quantitative estimate of drug-likeness (QED) is 0.170. The molecule has 0 saturated carbocycles. The zero-order valence-corrected chi connectivity index (χ0v) is 26.1. The Bertz CT molecular complexity index is 1660. The fraction of sp³-hybridized carbons (Fsp3) is 0.323. The van der Waals surface area contributed by atoms with Crippen molar-refractivity contribution in [2.45, 2.75) is 57.0 Å². The van der Waals surface area contributed by atoms with Crippen LogP contribution in [0.4, 0.5) is 5.00 Å². The largest absolute Gasteiger partial charge is 0.497 e. The summed E-state index contributed by atoms with van der Waals surface area (Å²) < 4.78 is 12.4. The second-order valence-corrected chi connectivity index (χ2v) is 12.4. The predicted molar refractivity (Wildman–Crippen MR) is 167 cm³/mol. The van der Waals surface area contributed by atoms with E-state index in [0.717, 1.165) is 41.0 Å². The number of methoxy groups -OCH3 is 1. The number of aryl methyl sites for hydroxylation is 2. The third-order valence-electron chi connectivity index (χ3n) is 6.99. The normalized spacial score (nSPS) is 12.8. The monoisotopic (exact) mass is 619 g/mol. The number of thioether (sulfide) groups is 1. The Kier molecular flexibility index (Phi) is 9.46. The van der Waals surface area contributed by atoms with E-state index in [1.807, 2.05) is 35.8 Å². The third kappa shape index (κ3) is 6.75. The van der Waals surface area contributed by atoms with E-state index in [1.165, 1.54) is 23.1 Å². The maximum Gasteiger partial charge on any atom is 0.341 e. The molecule has 2 N–H and O–H groups in total. The number of carbonyl (C=O) groups is 3. The lowest BCUT2D eigenvalue weighted by molar-refractivity contribution is -0.115. The Balaban J connectivity index is 1.36. The molecule has 1 aliphatic rings. The van der Waals surface area contributed by atoms with E-state index in [2.05, 4.69) is 20.8 Å². The van der Waals surface area contributed by atoms with E-state index in [9.17, 15) is 14.4 Å². The van der Waals surface area contributed by atoms with E-state index < -0.39 is 11.2 Å². The average Bonchev–Trinajstić information content (AvgIpc) is 3.70. The molecule has 1 atom stereocenters. The van der Waals surface area contributed by atoms with Crippen molar-refractivity contribution in [2.75, 3.05) is 19.0 Å². The minimum atomic E-state index is -0.570. The summed E-state index contributed by atoms with van der Waals surface area (Å²) in [5.74, 6) is 0.152. The highest BCUT2D eigenvalue weighted by Crippen LogP contribution is 2.40. The number of rotatable bonds is 11. The lowest BCUT2D eigenvalue weighted by atomic mass is 10.1. The van der Waals surface area contributed by atoms with Crippen molar-refractivity contribution in [3.05, 3.63) is 81.5 Å². The highest BCUT2D eigenvalue weighted by Gasteiger charge is 2.30. The van der Waals surface area contributed by atoms with Gasteiger partial charge in [-0.15, -0.1) is 21.5 Å². The standard InChI is InChI=1S/C31H33N5O5S2/c1-5-41-30(39)26-23-13-8-14-24(23)43-29(26)33-27(37)19(3)42-31-35-34-25(36(31)21-11-6-9-18(2)15-21)17-32-28(38)20-10-7-12-22(16-20)40-4/h6-7,9-12,15-16,19H,5,8,13-14,17H2,1-4H3,(H,32,38)(H,33,37). The lowest BCUT2D eigenvalue weighted by Gasteiger charge is -2.15. The van der Waals surface area contributed by atoms with E-state index >= 15 is 0 Å². The number of ether oxygens (including phenoxy) is 2. The van der Waals surface area contributed by atoms with E-state index in [-0.39, 0.29) is 25.0 Å². The van der Waals surface area contributed by atoms with E-state index in [4.69, 9.17) is 9.47 Å². The summed E-state index contributed by atoms with van der Waals surface area (Å²) in [6.07, 6.45) is 2.69. The van der Waals surface area contributed by atoms with Gasteiger partial charge in [0, 0.05) is 16.1 Å². The van der Waals surface area contributed by atoms with Crippen LogP contribution in [0.15, 0.2) is 53.7 Å². The van der Waals surface area contributed by atoms with Gasteiger partial charge in [0.25, 0.3) is 5.91 Å². The first-order valence-electron chi connectivity index (χ1n) is 14.0. The highest BCUT2D eigenvalue weighted by atomic mass is 32.2. The molecule has 4 aromatic rings. The smallest absolute Gasteiger partial charge is 0.341 e. The maximum atomic E-state index is 13.4. The first-order chi connectivity index (χ1) is 20.8. The molecule has 12 heteroatoms. The van der Waals surface area contributed by atoms with Gasteiger partial charge in [0.15, 0.2) is 11.0 Å². The van der Waals surface area contributed by atoms with Crippen LogP contribution in [0.1, 0.15) is 62.8 Å². The Morgan fingerprint density at radius 2 is 1.93 bits per heavy atom. The molecule has 2 aromatic carbocycles. The second kappa shape index (κ2) is 13.4. The third-order valence-corrected chi connectivity index (χ3v) is 9.24. The Morgan fingerprint density at radius 3 is 2.70 bits per heavy atom. The molecule has 2 heterocycles. The van der Waals surface area contributed by atoms with Crippen molar-refractivity contribution in [2.24, 2.45) is 0 Å². The first kappa shape index (κ1) is 30.3. The predicted octanol–water partition coefficient (Wildman–Crippen LogP) is 5.36. The second-order valence-electron chi connectivity index (χ2n) is 10.0. The molecule has 0 radical (unpaired) electrons. The number of hydrogen-bond donors (Lipinski definition) is 2. The van der Waals surface area contributed by atoms with Crippen molar-refractivity contribution in [3.63, 3.8) is 0 Å². The number of anilines is 1. The fourth-order valence-corrected chi connectivity index (χ4v) is 7.05. The fourth-order valence-electron chi connectivity index (χ4n) is 4.88. The molecule has 0 bridgehead atoms. The number of carbonyl (C=O) groups excluding carboxylic acids is 3. The van der Waals surface area contributed by atoms with Crippen molar-refractivity contribution < 1.29 is 23.9 Å². The van der Waals surface area contributed by atoms with Crippen LogP contribution in [-0.2, 0) is 28.9 Å². The van der Waals surface area contributed by atoms with E-state index in [0.29, 0.717) is 32.9 Å². The van der Waals surface area contributed by atoms with Crippen LogP contribution >= 0.6 is 23.1 Å². The number of nitrogens with zero attached hydrogens (tertiary/aromatic N) is 3. The van der Waals surface area contributed by atoms with Crippen LogP contribution in [0.5, 0.6) is 5.75 Å². The maximum absolute atomic E-state index is 13.4. The summed E-state index contributed by atoms with van der Waals surface area (Å²) in [7, 11) is 1.55. The van der Waals surface area contributed by atoms with Crippen LogP contribution in [0.25, 0.3) is 5.69 Å². The van der Waals surface area contributed by atoms with Gasteiger partial charge in [-0.25, -0.2) is 4.79 Å². The molecule has 1 unspecified atom stereocenters. The number of esters is 1. The average molecular weight is 620 g/mol. The molecule has 0 spiro atoms. The molecule has 0 aliphatic heterocycles. The summed E-state index contributed by atoms with van der Waals surface area (Å²) in [6, 6.07) is 14.7. The molecule has 43 heavy (non-hydrogen) atoms. The van der Waals surface area contributed by atoms with Crippen molar-refractivity contribution in [1.29, 1.82) is 0 Å². The number of hydrogen-bond acceptors (Lipinski definition) is 9. The molecular formula is C31H33N5O5S2. The summed E-state index contributed by atoms with van der Waals surface area (Å²) >= 11 is 2.69. The summed E-state index contributed by atoms with van der Waals surface area (Å²) in [5.41, 5.74) is 3.77. The van der Waals surface area contributed by atoms with Gasteiger partial charge in [-0.3, -0.25) is 14.2 Å². The molecule has 2 aromatic heterocycles. The summed E-state index contributed by atoms with van der Waals surface area (Å²) in [6.45, 7) is 5.91. The van der Waals surface area contributed by atoms with Gasteiger partial charge < -0.3 is 20.1 Å². The number of nitrogens with one attached hydrogen (secondary N) is 2. The van der Waals surface area contributed by atoms with Crippen LogP contribution in [0.3, 0.4) is 0 Å². The highest BCUT2D eigenvalue weighted by molar-refractivity contribution is 8.00. The zero-order chi connectivity index (χ0) is 30.5. The lowest BCUT2D eigenvalue weighted by Crippen LogP contribution is -2.25. The Hall–Kier alpha value is -4.16. The van der Waals surface area contributed by atoms with Gasteiger partial charge in [-0.2, -0.15) is 0 Å². The van der Waals surface area contributed by atoms with Crippen molar-refractivity contribution in [3.8, 4) is 11.4 Å². The first-order valence-corrected chi connectivity index (χ1v) is 15.7. The van der Waals surface area contributed by atoms with Crippen molar-refractivity contribution in [1.82, 2.24) is 20.1 Å². The van der Waals surface area contributed by atoms with Gasteiger partial charge >= 0.3 is 5.97 Å². The van der Waals surface area contributed by atoms with Crippen LogP contribution in [-0.4, -0.2) is 51.5 Å². The molecule has 0 fully saturated rings. The number of amides is 2. The Labute approximate surface area is 258 Å². The number of benzene rings is 2. The van der Waals surface area contributed by atoms with Crippen LogP contribution in [0, 0.1) is 6.92 Å². The number of fused-ring (bicyclic) bond motifs is 1. The molecule has 224 valence electrons. The van der Waals surface area contributed by atoms with Crippen molar-refractivity contribution >= 4 is 45.9 Å². The molecule has 5 rings (SSSR count). The van der Waals surface area contributed by atoms with Crippen LogP contribution < -0.4 is 15.4 Å². The molecular weight excluding hydrogens is 587 g/mol. The summed E-state index contributed by atoms with van der Waals surface area (Å²) in [5, 5.41) is 15.1. The van der Waals surface area contributed by atoms with Gasteiger partial charge in [-0.05, 0) is 81.5 Å². The molecule has 0 saturated heterocycles.